The van der Waals surface area contributed by atoms with Gasteiger partial charge in [0.2, 0.25) is 0 Å². The van der Waals surface area contributed by atoms with Crippen LogP contribution in [0.5, 0.6) is 0 Å². The number of fused-ring (bicyclic) bond motifs is 2. The van der Waals surface area contributed by atoms with Crippen molar-refractivity contribution in [2.75, 3.05) is 0 Å². The van der Waals surface area contributed by atoms with Gasteiger partial charge in [0, 0.05) is 10.9 Å². The average Bonchev–Trinajstić information content (AvgIpc) is 3.11. The van der Waals surface area contributed by atoms with Crippen molar-refractivity contribution in [1.29, 1.82) is 0 Å². The van der Waals surface area contributed by atoms with Gasteiger partial charge in [-0.05, 0) is 22.4 Å². The molecule has 0 fully saturated rings. The van der Waals surface area contributed by atoms with Crippen molar-refractivity contribution in [3.05, 3.63) is 102 Å². The quantitative estimate of drug-likeness (QED) is 0.320. The Morgan fingerprint density at radius 1 is 0.700 bits per heavy atom. The summed E-state index contributed by atoms with van der Waals surface area (Å²) in [6.45, 7) is 0.373. The Hall–Kier alpha value is -3.60. The summed E-state index contributed by atoms with van der Waals surface area (Å²) in [6, 6.07) is 27.7. The number of nitrogens with zero attached hydrogens (tertiary/aromatic N) is 2. The van der Waals surface area contributed by atoms with Gasteiger partial charge in [0.05, 0.1) is 17.8 Å². The van der Waals surface area contributed by atoms with Crippen LogP contribution in [-0.4, -0.2) is 9.78 Å². The zero-order chi connectivity index (χ0) is 20.7. The maximum Gasteiger partial charge on any atom is 0.418 e. The van der Waals surface area contributed by atoms with E-state index in [1.807, 2.05) is 72.8 Å². The molecule has 1 aromatic heterocycles. The van der Waals surface area contributed by atoms with Gasteiger partial charge < -0.3 is 0 Å². The summed E-state index contributed by atoms with van der Waals surface area (Å²) in [5, 5.41) is 7.10. The lowest BCUT2D eigenvalue weighted by molar-refractivity contribution is -0.136. The maximum atomic E-state index is 13.6. The van der Waals surface area contributed by atoms with E-state index in [2.05, 4.69) is 5.10 Å². The third-order valence-electron chi connectivity index (χ3n) is 5.32. The fourth-order valence-electron chi connectivity index (χ4n) is 3.99. The van der Waals surface area contributed by atoms with Crippen molar-refractivity contribution < 1.29 is 13.2 Å². The second-order valence-corrected chi connectivity index (χ2v) is 7.21. The van der Waals surface area contributed by atoms with E-state index in [9.17, 15) is 13.2 Å². The van der Waals surface area contributed by atoms with Crippen molar-refractivity contribution in [3.63, 3.8) is 0 Å². The van der Waals surface area contributed by atoms with Crippen LogP contribution < -0.4 is 0 Å². The normalized spacial score (nSPS) is 12.0. The Morgan fingerprint density at radius 3 is 2.17 bits per heavy atom. The molecule has 1 heterocycles. The number of alkyl halides is 3. The van der Waals surface area contributed by atoms with Crippen molar-refractivity contribution in [1.82, 2.24) is 9.78 Å². The Balaban J connectivity index is 1.77. The van der Waals surface area contributed by atoms with Gasteiger partial charge in [-0.25, -0.2) is 0 Å². The van der Waals surface area contributed by atoms with Crippen LogP contribution in [-0.2, 0) is 12.7 Å². The minimum atomic E-state index is -4.47. The van der Waals surface area contributed by atoms with E-state index in [1.54, 1.807) is 10.7 Å². The van der Waals surface area contributed by atoms with Crippen LogP contribution in [0.2, 0.25) is 0 Å². The van der Waals surface area contributed by atoms with Crippen LogP contribution in [0.15, 0.2) is 91.0 Å². The molecule has 148 valence electrons. The van der Waals surface area contributed by atoms with Crippen LogP contribution >= 0.6 is 0 Å². The average molecular weight is 402 g/mol. The molecule has 0 atom stereocenters. The highest BCUT2D eigenvalue weighted by Crippen LogP contribution is 2.38. The number of benzene rings is 4. The molecule has 0 radical (unpaired) electrons. The Labute approximate surface area is 171 Å². The Morgan fingerprint density at radius 2 is 1.37 bits per heavy atom. The second kappa shape index (κ2) is 7.02. The smallest absolute Gasteiger partial charge is 0.259 e. The van der Waals surface area contributed by atoms with Crippen molar-refractivity contribution >= 4 is 21.7 Å². The van der Waals surface area contributed by atoms with Gasteiger partial charge in [0.1, 0.15) is 5.52 Å². The van der Waals surface area contributed by atoms with Crippen molar-refractivity contribution in [2.24, 2.45) is 0 Å². The number of halogens is 3. The van der Waals surface area contributed by atoms with Gasteiger partial charge >= 0.3 is 6.18 Å². The molecule has 0 saturated carbocycles. The maximum absolute atomic E-state index is 13.6. The van der Waals surface area contributed by atoms with Gasteiger partial charge in [-0.3, -0.25) is 4.68 Å². The van der Waals surface area contributed by atoms with E-state index in [1.165, 1.54) is 6.07 Å². The van der Waals surface area contributed by atoms with E-state index in [0.29, 0.717) is 17.6 Å². The van der Waals surface area contributed by atoms with Gasteiger partial charge in [-0.15, -0.1) is 0 Å². The molecular weight excluding hydrogens is 385 g/mol. The molecule has 0 amide bonds. The van der Waals surface area contributed by atoms with Gasteiger partial charge in [-0.1, -0.05) is 84.9 Å². The zero-order valence-electron chi connectivity index (χ0n) is 15.9. The van der Waals surface area contributed by atoms with Crippen molar-refractivity contribution in [3.8, 4) is 11.3 Å². The third-order valence-corrected chi connectivity index (χ3v) is 5.32. The zero-order valence-corrected chi connectivity index (χ0v) is 15.9. The molecule has 0 bridgehead atoms. The van der Waals surface area contributed by atoms with Crippen LogP contribution in [0.3, 0.4) is 0 Å². The molecule has 0 aliphatic rings. The second-order valence-electron chi connectivity index (χ2n) is 7.21. The van der Waals surface area contributed by atoms with Gasteiger partial charge in [-0.2, -0.15) is 18.3 Å². The summed E-state index contributed by atoms with van der Waals surface area (Å²) < 4.78 is 42.6. The topological polar surface area (TPSA) is 17.8 Å². The summed E-state index contributed by atoms with van der Waals surface area (Å²) in [5.74, 6) is 0. The number of hydrogen-bond donors (Lipinski definition) is 0. The van der Waals surface area contributed by atoms with Crippen LogP contribution in [0.1, 0.15) is 11.1 Å². The van der Waals surface area contributed by atoms with E-state index in [4.69, 9.17) is 0 Å². The van der Waals surface area contributed by atoms with E-state index < -0.39 is 11.7 Å². The summed E-state index contributed by atoms with van der Waals surface area (Å²) in [5.41, 5.74) is 1.79. The molecule has 30 heavy (non-hydrogen) atoms. The lowest BCUT2D eigenvalue weighted by Crippen LogP contribution is -2.07. The molecule has 4 aromatic carbocycles. The van der Waals surface area contributed by atoms with Crippen LogP contribution in [0, 0.1) is 0 Å². The molecule has 2 nitrogen and oxygen atoms in total. The molecule has 0 N–H and O–H groups in total. The fourth-order valence-corrected chi connectivity index (χ4v) is 3.99. The molecule has 0 unspecified atom stereocenters. The molecule has 5 rings (SSSR count). The SMILES string of the molecule is FC(F)(F)c1cccc2c(-c3ccccc3)n(Cc3cccc4ccccc34)nc12. The molecular formula is C25H17F3N2. The first-order chi connectivity index (χ1) is 14.5. The number of aromatic nitrogens is 2. The van der Waals surface area contributed by atoms with E-state index in [0.717, 1.165) is 28.0 Å². The summed E-state index contributed by atoms with van der Waals surface area (Å²) in [6.07, 6.45) is -4.47. The molecule has 0 saturated heterocycles. The highest BCUT2D eigenvalue weighted by Gasteiger charge is 2.34. The lowest BCUT2D eigenvalue weighted by atomic mass is 10.0. The van der Waals surface area contributed by atoms with Crippen LogP contribution in [0.4, 0.5) is 13.2 Å². The minimum Gasteiger partial charge on any atom is -0.259 e. The first kappa shape index (κ1) is 18.4. The summed E-state index contributed by atoms with van der Waals surface area (Å²) >= 11 is 0. The van der Waals surface area contributed by atoms with Gasteiger partial charge in [0.25, 0.3) is 0 Å². The monoisotopic (exact) mass is 402 g/mol. The number of hydrogen-bond acceptors (Lipinski definition) is 1. The highest BCUT2D eigenvalue weighted by molar-refractivity contribution is 5.95. The highest BCUT2D eigenvalue weighted by atomic mass is 19.4. The summed E-state index contributed by atoms with van der Waals surface area (Å²) in [7, 11) is 0. The third kappa shape index (κ3) is 3.12. The standard InChI is InChI=1S/C25H17F3N2/c26-25(27,28)22-15-7-14-21-23(22)29-30(24(21)18-9-2-1-3-10-18)16-19-12-6-11-17-8-4-5-13-20(17)19/h1-15H,16H2. The van der Waals surface area contributed by atoms with Crippen molar-refractivity contribution in [2.45, 2.75) is 12.7 Å². The molecule has 0 spiro atoms. The lowest BCUT2D eigenvalue weighted by Gasteiger charge is -2.11. The predicted molar refractivity (Wildman–Crippen MR) is 113 cm³/mol. The van der Waals surface area contributed by atoms with Crippen LogP contribution in [0.25, 0.3) is 32.9 Å². The predicted octanol–water partition coefficient (Wildman–Crippen LogP) is 6.92. The Bertz CT molecular complexity index is 1350. The van der Waals surface area contributed by atoms with Gasteiger partial charge in [0.15, 0.2) is 0 Å². The molecule has 5 heteroatoms. The first-order valence-corrected chi connectivity index (χ1v) is 9.61. The van der Waals surface area contributed by atoms with E-state index in [-0.39, 0.29) is 5.52 Å². The first-order valence-electron chi connectivity index (χ1n) is 9.61. The summed E-state index contributed by atoms with van der Waals surface area (Å²) in [4.78, 5) is 0. The molecule has 0 aliphatic heterocycles. The minimum absolute atomic E-state index is 0.0240. The largest absolute Gasteiger partial charge is 0.418 e. The van der Waals surface area contributed by atoms with E-state index >= 15 is 0 Å². The molecule has 0 aliphatic carbocycles. The fraction of sp³-hybridized carbons (Fsp3) is 0.0800. The number of rotatable bonds is 3. The Kier molecular flexibility index (Phi) is 4.31. The molecule has 5 aromatic rings.